The van der Waals surface area contributed by atoms with Gasteiger partial charge in [0.25, 0.3) is 5.91 Å². The van der Waals surface area contributed by atoms with Crippen LogP contribution in [0.4, 0.5) is 16.2 Å². The maximum absolute atomic E-state index is 13.3. The number of imide groups is 1. The summed E-state index contributed by atoms with van der Waals surface area (Å²) in [4.78, 5) is 36.6. The van der Waals surface area contributed by atoms with Crippen molar-refractivity contribution in [1.29, 1.82) is 0 Å². The number of rotatable bonds is 7. The lowest BCUT2D eigenvalue weighted by atomic mass is 10.0. The number of aromatic nitrogens is 1. The first-order valence-corrected chi connectivity index (χ1v) is 12.1. The Morgan fingerprint density at radius 1 is 1.08 bits per heavy atom. The molecule has 0 spiro atoms. The van der Waals surface area contributed by atoms with Gasteiger partial charge in [0.1, 0.15) is 11.3 Å². The summed E-state index contributed by atoms with van der Waals surface area (Å²) in [7, 11) is 0. The molecule has 0 N–H and O–H groups in total. The normalized spacial score (nSPS) is 14.8. The summed E-state index contributed by atoms with van der Waals surface area (Å²) >= 11 is 12.5. The lowest BCUT2D eigenvalue weighted by Gasteiger charge is -2.27. The number of amides is 3. The van der Waals surface area contributed by atoms with Crippen molar-refractivity contribution in [1.82, 2.24) is 9.88 Å². The van der Waals surface area contributed by atoms with Gasteiger partial charge in [0.15, 0.2) is 0 Å². The molecule has 0 saturated carbocycles. The molecule has 1 aromatic heterocycles. The Balaban J connectivity index is 1.40. The van der Waals surface area contributed by atoms with Gasteiger partial charge in [-0.3, -0.25) is 9.78 Å². The summed E-state index contributed by atoms with van der Waals surface area (Å²) in [6.07, 6.45) is 3.83. The summed E-state index contributed by atoms with van der Waals surface area (Å²) < 4.78 is 5.86. The van der Waals surface area contributed by atoms with E-state index in [0.717, 1.165) is 16.0 Å². The molecule has 0 atom stereocenters. The van der Waals surface area contributed by atoms with Gasteiger partial charge in [-0.1, -0.05) is 41.4 Å². The molecule has 1 saturated heterocycles. The van der Waals surface area contributed by atoms with Crippen molar-refractivity contribution in [3.05, 3.63) is 81.9 Å². The molecule has 7 nitrogen and oxygen atoms in total. The number of nitrogens with zero attached hydrogens (tertiary/aromatic N) is 4. The topological polar surface area (TPSA) is 67.1 Å². The standard InChI is InChI=1S/C27H24Cl2N4O3/c1-17-23(11-10-22(30-4)24(17)29)33-25(34)27(2,3)32(26(33)35)14-5-15-36-19-8-6-18(7-9-19)20-12-13-31-16-21(20)28/h6-13,16H,5,14-15H2,1-3H3. The number of carbonyl (C=O) groups excluding carboxylic acids is 2. The highest BCUT2D eigenvalue weighted by molar-refractivity contribution is 6.35. The first-order chi connectivity index (χ1) is 17.2. The van der Waals surface area contributed by atoms with Crippen LogP contribution in [0, 0.1) is 13.5 Å². The van der Waals surface area contributed by atoms with Crippen molar-refractivity contribution in [2.75, 3.05) is 18.1 Å². The molecule has 3 aromatic rings. The lowest BCUT2D eigenvalue weighted by molar-refractivity contribution is -0.123. The molecular weight excluding hydrogens is 499 g/mol. The van der Waals surface area contributed by atoms with Crippen LogP contribution in [0.2, 0.25) is 10.0 Å². The number of anilines is 1. The van der Waals surface area contributed by atoms with E-state index in [1.165, 1.54) is 6.07 Å². The van der Waals surface area contributed by atoms with E-state index in [-0.39, 0.29) is 16.6 Å². The number of ether oxygens (including phenoxy) is 1. The molecule has 4 rings (SSSR count). The number of urea groups is 1. The van der Waals surface area contributed by atoms with E-state index >= 15 is 0 Å². The van der Waals surface area contributed by atoms with Crippen LogP contribution in [0.15, 0.2) is 54.9 Å². The summed E-state index contributed by atoms with van der Waals surface area (Å²) in [5.74, 6) is 0.354. The van der Waals surface area contributed by atoms with Crippen LogP contribution in [0.1, 0.15) is 25.8 Å². The molecule has 1 aliphatic heterocycles. The average molecular weight is 523 g/mol. The zero-order valence-corrected chi connectivity index (χ0v) is 21.6. The summed E-state index contributed by atoms with van der Waals surface area (Å²) in [5, 5.41) is 0.817. The quantitative estimate of drug-likeness (QED) is 0.191. The summed E-state index contributed by atoms with van der Waals surface area (Å²) in [6, 6.07) is 12.1. The molecule has 0 radical (unpaired) electrons. The van der Waals surface area contributed by atoms with E-state index in [0.29, 0.717) is 41.6 Å². The second-order valence-corrected chi connectivity index (χ2v) is 9.66. The SMILES string of the molecule is [C-]#[N+]c1ccc(N2C(=O)N(CCCOc3ccc(-c4ccncc4Cl)cc3)C(C)(C)C2=O)c(C)c1Cl. The van der Waals surface area contributed by atoms with Gasteiger partial charge >= 0.3 is 6.03 Å². The van der Waals surface area contributed by atoms with Crippen LogP contribution < -0.4 is 9.64 Å². The molecule has 9 heteroatoms. The fourth-order valence-corrected chi connectivity index (χ4v) is 4.60. The summed E-state index contributed by atoms with van der Waals surface area (Å²) in [6.45, 7) is 13.1. The highest BCUT2D eigenvalue weighted by atomic mass is 35.5. The van der Waals surface area contributed by atoms with E-state index in [2.05, 4.69) is 9.83 Å². The maximum Gasteiger partial charge on any atom is 0.332 e. The van der Waals surface area contributed by atoms with Crippen LogP contribution in [0.25, 0.3) is 16.0 Å². The van der Waals surface area contributed by atoms with E-state index in [1.807, 2.05) is 30.3 Å². The third kappa shape index (κ3) is 4.62. The fourth-order valence-electron chi connectivity index (χ4n) is 4.17. The van der Waals surface area contributed by atoms with Crippen LogP contribution in [0.3, 0.4) is 0 Å². The summed E-state index contributed by atoms with van der Waals surface area (Å²) in [5.41, 5.74) is 2.01. The number of pyridine rings is 1. The third-order valence-corrected chi connectivity index (χ3v) is 7.03. The van der Waals surface area contributed by atoms with E-state index in [4.69, 9.17) is 34.5 Å². The largest absolute Gasteiger partial charge is 0.494 e. The molecule has 0 unspecified atom stereocenters. The van der Waals surface area contributed by atoms with Crippen molar-refractivity contribution in [3.63, 3.8) is 0 Å². The van der Waals surface area contributed by atoms with Crippen LogP contribution >= 0.6 is 23.2 Å². The molecule has 1 aliphatic rings. The molecular formula is C27H24Cl2N4O3. The lowest BCUT2D eigenvalue weighted by Crippen LogP contribution is -2.44. The second kappa shape index (κ2) is 10.2. The molecule has 2 heterocycles. The zero-order chi connectivity index (χ0) is 26.0. The number of halogens is 2. The van der Waals surface area contributed by atoms with Gasteiger partial charge in [0.05, 0.1) is 28.9 Å². The van der Waals surface area contributed by atoms with Gasteiger partial charge in [-0.25, -0.2) is 14.5 Å². The van der Waals surface area contributed by atoms with Gasteiger partial charge < -0.3 is 9.64 Å². The average Bonchev–Trinajstić information content (AvgIpc) is 3.03. The van der Waals surface area contributed by atoms with Gasteiger partial charge in [0.2, 0.25) is 5.69 Å². The predicted octanol–water partition coefficient (Wildman–Crippen LogP) is 6.93. The van der Waals surface area contributed by atoms with Crippen molar-refractivity contribution >= 4 is 46.5 Å². The Labute approximate surface area is 220 Å². The smallest absolute Gasteiger partial charge is 0.332 e. The molecule has 184 valence electrons. The second-order valence-electron chi connectivity index (χ2n) is 8.87. The fraction of sp³-hybridized carbons (Fsp3) is 0.259. The Morgan fingerprint density at radius 2 is 1.81 bits per heavy atom. The van der Waals surface area contributed by atoms with Crippen molar-refractivity contribution in [2.45, 2.75) is 32.7 Å². The van der Waals surface area contributed by atoms with Crippen molar-refractivity contribution in [3.8, 4) is 16.9 Å². The van der Waals surface area contributed by atoms with Crippen LogP contribution in [-0.4, -0.2) is 40.5 Å². The highest BCUT2D eigenvalue weighted by Crippen LogP contribution is 2.39. The number of hydrogen-bond acceptors (Lipinski definition) is 4. The third-order valence-electron chi connectivity index (χ3n) is 6.25. The van der Waals surface area contributed by atoms with E-state index < -0.39 is 11.6 Å². The van der Waals surface area contributed by atoms with Crippen LogP contribution in [0.5, 0.6) is 5.75 Å². The molecule has 1 fully saturated rings. The minimum atomic E-state index is -1.03. The van der Waals surface area contributed by atoms with Gasteiger partial charge in [0, 0.05) is 24.5 Å². The maximum atomic E-state index is 13.3. The molecule has 2 aromatic carbocycles. The first-order valence-electron chi connectivity index (χ1n) is 11.3. The molecule has 0 aliphatic carbocycles. The number of carbonyl (C=O) groups is 2. The monoisotopic (exact) mass is 522 g/mol. The van der Waals surface area contributed by atoms with Crippen molar-refractivity contribution in [2.24, 2.45) is 0 Å². The number of hydrogen-bond donors (Lipinski definition) is 0. The van der Waals surface area contributed by atoms with Crippen molar-refractivity contribution < 1.29 is 14.3 Å². The Kier molecular flexibility index (Phi) is 7.21. The van der Waals surface area contributed by atoms with E-state index in [9.17, 15) is 9.59 Å². The molecule has 0 bridgehead atoms. The van der Waals surface area contributed by atoms with Gasteiger partial charge in [-0.15, -0.1) is 0 Å². The molecule has 36 heavy (non-hydrogen) atoms. The Hall–Kier alpha value is -3.60. The Bertz CT molecular complexity index is 1370. The minimum absolute atomic E-state index is 0.241. The van der Waals surface area contributed by atoms with Gasteiger partial charge in [-0.2, -0.15) is 0 Å². The Morgan fingerprint density at radius 3 is 2.47 bits per heavy atom. The van der Waals surface area contributed by atoms with E-state index in [1.54, 1.807) is 44.1 Å². The first kappa shape index (κ1) is 25.5. The molecule has 3 amide bonds. The minimum Gasteiger partial charge on any atom is -0.494 e. The van der Waals surface area contributed by atoms with Gasteiger partial charge in [-0.05, 0) is 62.6 Å². The van der Waals surface area contributed by atoms with Crippen LogP contribution in [-0.2, 0) is 4.79 Å². The number of benzene rings is 2. The zero-order valence-electron chi connectivity index (χ0n) is 20.1. The highest BCUT2D eigenvalue weighted by Gasteiger charge is 2.51. The predicted molar refractivity (Wildman–Crippen MR) is 141 cm³/mol.